The van der Waals surface area contributed by atoms with Crippen LogP contribution in [-0.4, -0.2) is 5.84 Å². The zero-order chi connectivity index (χ0) is 37.6. The molecule has 0 saturated heterocycles. The van der Waals surface area contributed by atoms with Gasteiger partial charge in [-0.05, 0) is 105 Å². The van der Waals surface area contributed by atoms with Crippen LogP contribution in [0.2, 0.25) is 0 Å². The lowest BCUT2D eigenvalue weighted by Gasteiger charge is -2.30. The van der Waals surface area contributed by atoms with Crippen LogP contribution in [0.25, 0.3) is 50.2 Å². The van der Waals surface area contributed by atoms with Crippen LogP contribution < -0.4 is 11.1 Å². The van der Waals surface area contributed by atoms with Crippen molar-refractivity contribution < 1.29 is 0 Å². The highest BCUT2D eigenvalue weighted by molar-refractivity contribution is 6.08. The molecule has 1 atom stereocenters. The minimum absolute atomic E-state index is 0.214. The maximum atomic E-state index is 9.87. The van der Waals surface area contributed by atoms with Gasteiger partial charge in [0.15, 0.2) is 0 Å². The highest BCUT2D eigenvalue weighted by atomic mass is 15.1. The number of hydrogen-bond donors (Lipinski definition) is 2. The molecular weight excluding hydrogens is 681 g/mol. The van der Waals surface area contributed by atoms with E-state index in [-0.39, 0.29) is 6.04 Å². The number of allylic oxidation sites excluding steroid dienone is 2. The topological polar surface area (TPSA) is 74.2 Å². The smallest absolute Gasteiger partial charge is 0.142 e. The fourth-order valence-corrected chi connectivity index (χ4v) is 8.30. The van der Waals surface area contributed by atoms with Gasteiger partial charge < -0.3 is 11.1 Å². The van der Waals surface area contributed by atoms with Gasteiger partial charge >= 0.3 is 0 Å². The summed E-state index contributed by atoms with van der Waals surface area (Å²) in [5.74, 6) is 0.736. The first kappa shape index (κ1) is 33.2. The largest absolute Gasteiger partial charge is 0.398 e. The number of nitrogens with one attached hydrogen (secondary N) is 1. The third-order valence-electron chi connectivity index (χ3n) is 11.2. The molecule has 0 bridgehead atoms. The van der Waals surface area contributed by atoms with Gasteiger partial charge in [0.25, 0.3) is 0 Å². The number of aliphatic imine (C=N–C) groups is 1. The van der Waals surface area contributed by atoms with Gasteiger partial charge in [0.2, 0.25) is 0 Å². The molecule has 1 heterocycles. The monoisotopic (exact) mass is 716 g/mol. The van der Waals surface area contributed by atoms with Gasteiger partial charge in [-0.1, -0.05) is 127 Å². The molecule has 0 amide bonds. The fraction of sp³-hybridized carbons (Fsp3) is 0.0577. The molecule has 7 aromatic carbocycles. The summed E-state index contributed by atoms with van der Waals surface area (Å²) in [6.07, 6.45) is 8.40. The molecular formula is C52H36N4. The quantitative estimate of drug-likeness (QED) is 0.133. The predicted octanol–water partition coefficient (Wildman–Crippen LogP) is 12.0. The number of aryl methyl sites for hydroxylation is 1. The van der Waals surface area contributed by atoms with E-state index in [1.54, 1.807) is 0 Å². The Kier molecular flexibility index (Phi) is 8.15. The summed E-state index contributed by atoms with van der Waals surface area (Å²) < 4.78 is 0. The van der Waals surface area contributed by atoms with Crippen molar-refractivity contribution in [3.63, 3.8) is 0 Å². The highest BCUT2D eigenvalue weighted by Gasteiger charge is 2.29. The van der Waals surface area contributed by atoms with Crippen molar-refractivity contribution in [1.29, 1.82) is 5.26 Å². The van der Waals surface area contributed by atoms with E-state index in [1.807, 2.05) is 54.6 Å². The number of amidine groups is 1. The number of anilines is 1. The minimum Gasteiger partial charge on any atom is -0.398 e. The van der Waals surface area contributed by atoms with Crippen LogP contribution in [0.3, 0.4) is 0 Å². The molecule has 0 fully saturated rings. The maximum absolute atomic E-state index is 9.87. The molecule has 0 saturated carbocycles. The second kappa shape index (κ2) is 13.8. The van der Waals surface area contributed by atoms with E-state index >= 15 is 0 Å². The van der Waals surface area contributed by atoms with Crippen molar-refractivity contribution in [1.82, 2.24) is 5.32 Å². The van der Waals surface area contributed by atoms with Crippen LogP contribution in [0, 0.1) is 11.3 Å². The molecule has 0 spiro atoms. The van der Waals surface area contributed by atoms with Crippen LogP contribution in [0.15, 0.2) is 180 Å². The van der Waals surface area contributed by atoms with Gasteiger partial charge in [-0.25, -0.2) is 4.99 Å². The molecule has 0 radical (unpaired) electrons. The second-order valence-electron chi connectivity index (χ2n) is 14.6. The van der Waals surface area contributed by atoms with Gasteiger partial charge in [0.05, 0.1) is 28.9 Å². The number of benzene rings is 7. The Morgan fingerprint density at radius 3 is 2.23 bits per heavy atom. The zero-order valence-electron chi connectivity index (χ0n) is 30.6. The SMILES string of the molecule is N#Cc1ccccc1C1=C=C(C2=Nc3c(-c4ccc5ccccc5c4)cc(C4=Cc5ccccc5CC4)cc3C(c3ccc(-c4ccccc4N)cc3)N2)C=C1. The number of fused-ring (bicyclic) bond motifs is 3. The third-order valence-corrected chi connectivity index (χ3v) is 11.2. The lowest BCUT2D eigenvalue weighted by molar-refractivity contribution is 0.749. The molecule has 4 nitrogen and oxygen atoms in total. The Balaban J connectivity index is 1.19. The van der Waals surface area contributed by atoms with Crippen LogP contribution in [0.5, 0.6) is 0 Å². The predicted molar refractivity (Wildman–Crippen MR) is 231 cm³/mol. The van der Waals surface area contributed by atoms with Gasteiger partial charge in [-0.15, -0.1) is 5.73 Å². The number of rotatable bonds is 6. The average Bonchev–Trinajstić information content (AvgIpc) is 3.76. The zero-order valence-corrected chi connectivity index (χ0v) is 30.6. The highest BCUT2D eigenvalue weighted by Crippen LogP contribution is 2.46. The number of para-hydroxylation sites is 1. The van der Waals surface area contributed by atoms with E-state index in [0.717, 1.165) is 80.1 Å². The Morgan fingerprint density at radius 1 is 0.643 bits per heavy atom. The van der Waals surface area contributed by atoms with E-state index in [9.17, 15) is 5.26 Å². The van der Waals surface area contributed by atoms with E-state index in [1.165, 1.54) is 33.0 Å². The Morgan fingerprint density at radius 2 is 1.38 bits per heavy atom. The van der Waals surface area contributed by atoms with Gasteiger partial charge in [0.1, 0.15) is 5.84 Å². The van der Waals surface area contributed by atoms with E-state index in [4.69, 9.17) is 10.7 Å². The molecule has 10 rings (SSSR count). The summed E-state index contributed by atoms with van der Waals surface area (Å²) in [5.41, 5.74) is 26.6. The molecule has 3 aliphatic rings. The Labute approximate surface area is 326 Å². The molecule has 7 aromatic rings. The number of hydrogen-bond acceptors (Lipinski definition) is 4. The van der Waals surface area contributed by atoms with Crippen LogP contribution in [0.1, 0.15) is 51.4 Å². The first-order valence-corrected chi connectivity index (χ1v) is 19.0. The molecule has 1 aliphatic heterocycles. The van der Waals surface area contributed by atoms with E-state index in [0.29, 0.717) is 5.56 Å². The number of nitrogens with zero attached hydrogens (tertiary/aromatic N) is 2. The van der Waals surface area contributed by atoms with Crippen LogP contribution in [-0.2, 0) is 6.42 Å². The third kappa shape index (κ3) is 5.94. The first-order chi connectivity index (χ1) is 27.6. The summed E-state index contributed by atoms with van der Waals surface area (Å²) in [4.78, 5) is 5.47. The average molecular weight is 717 g/mol. The molecule has 264 valence electrons. The van der Waals surface area contributed by atoms with Crippen LogP contribution in [0.4, 0.5) is 11.4 Å². The van der Waals surface area contributed by atoms with Crippen molar-refractivity contribution in [2.24, 2.45) is 4.99 Å². The molecule has 0 aromatic heterocycles. The van der Waals surface area contributed by atoms with Crippen molar-refractivity contribution >= 4 is 45.2 Å². The standard InChI is InChI=1S/C52H36N4/c53-32-43-13-5-6-14-45(43)40-25-26-42(29-40)52-55-50(36-21-19-35(20-22-36)46-15-7-8-16-49(46)54)48-31-44(39-23-17-33-9-1-3-11-37(33)27-39)30-47(51(48)56-52)41-24-18-34-10-2-4-12-38(34)28-41/h1-16,18-22,24-28,30-31,50H,17,23,54H2,(H,55,56). The van der Waals surface area contributed by atoms with E-state index in [2.05, 4.69) is 132 Å². The molecule has 56 heavy (non-hydrogen) atoms. The molecule has 3 N–H and O–H groups in total. The van der Waals surface area contributed by atoms with Crippen LogP contribution >= 0.6 is 0 Å². The molecule has 4 heteroatoms. The van der Waals surface area contributed by atoms with Crippen molar-refractivity contribution in [2.45, 2.75) is 18.9 Å². The molecule has 2 aliphatic carbocycles. The van der Waals surface area contributed by atoms with Crippen molar-refractivity contribution in [3.05, 3.63) is 214 Å². The van der Waals surface area contributed by atoms with Crippen molar-refractivity contribution in [2.75, 3.05) is 5.73 Å². The maximum Gasteiger partial charge on any atom is 0.142 e. The summed E-state index contributed by atoms with van der Waals surface area (Å²) in [6.45, 7) is 0. The van der Waals surface area contributed by atoms with Gasteiger partial charge in [-0.3, -0.25) is 0 Å². The van der Waals surface area contributed by atoms with Gasteiger partial charge in [-0.2, -0.15) is 5.26 Å². The first-order valence-electron chi connectivity index (χ1n) is 19.0. The number of nitrogens with two attached hydrogens (primary N) is 1. The number of nitrogen functional groups attached to an aromatic ring is 1. The van der Waals surface area contributed by atoms with E-state index < -0.39 is 0 Å². The fourth-order valence-electron chi connectivity index (χ4n) is 8.30. The summed E-state index contributed by atoms with van der Waals surface area (Å²) in [6, 6.07) is 55.2. The van der Waals surface area contributed by atoms with Gasteiger partial charge in [0, 0.05) is 33.5 Å². The lowest BCUT2D eigenvalue weighted by Crippen LogP contribution is -2.33. The summed E-state index contributed by atoms with van der Waals surface area (Å²) >= 11 is 0. The normalized spacial score (nSPS) is 15.4. The lowest BCUT2D eigenvalue weighted by atomic mass is 9.83. The molecule has 1 unspecified atom stereocenters. The summed E-state index contributed by atoms with van der Waals surface area (Å²) in [7, 11) is 0. The Bertz CT molecular complexity index is 2950. The summed E-state index contributed by atoms with van der Waals surface area (Å²) in [5, 5.41) is 16.1. The Hall–Kier alpha value is -7.44. The number of nitriles is 1. The second-order valence-corrected chi connectivity index (χ2v) is 14.6. The minimum atomic E-state index is -0.214. The van der Waals surface area contributed by atoms with Crippen molar-refractivity contribution in [3.8, 4) is 28.3 Å².